The zero-order valence-electron chi connectivity index (χ0n) is 9.96. The Kier molecular flexibility index (Phi) is 4.23. The van der Waals surface area contributed by atoms with E-state index in [0.29, 0.717) is 5.75 Å². The van der Waals surface area contributed by atoms with E-state index in [4.69, 9.17) is 19.7 Å². The molecule has 0 aromatic heterocycles. The first-order valence-electron chi connectivity index (χ1n) is 5.79. The van der Waals surface area contributed by atoms with Gasteiger partial charge < -0.3 is 35.0 Å². The van der Waals surface area contributed by atoms with Gasteiger partial charge in [-0.05, 0) is 24.3 Å². The van der Waals surface area contributed by atoms with Gasteiger partial charge in [-0.15, -0.1) is 0 Å². The lowest BCUT2D eigenvalue weighted by Gasteiger charge is -2.39. The third kappa shape index (κ3) is 2.96. The highest BCUT2D eigenvalue weighted by molar-refractivity contribution is 5.30. The molecule has 106 valence electrons. The van der Waals surface area contributed by atoms with Crippen molar-refractivity contribution in [2.75, 3.05) is 6.61 Å². The van der Waals surface area contributed by atoms with Crippen molar-refractivity contribution in [1.29, 1.82) is 0 Å². The van der Waals surface area contributed by atoms with Crippen LogP contribution in [0.3, 0.4) is 0 Å². The van der Waals surface area contributed by atoms with Crippen LogP contribution in [0.2, 0.25) is 0 Å². The Morgan fingerprint density at radius 3 is 2.21 bits per heavy atom. The molecule has 0 unspecified atom stereocenters. The fourth-order valence-corrected chi connectivity index (χ4v) is 1.82. The number of aliphatic hydroxyl groups is 4. The zero-order chi connectivity index (χ0) is 14.0. The van der Waals surface area contributed by atoms with E-state index in [1.165, 1.54) is 24.3 Å². The summed E-state index contributed by atoms with van der Waals surface area (Å²) in [5.74, 6) is 0.364. The van der Waals surface area contributed by atoms with Crippen molar-refractivity contribution < 1.29 is 35.0 Å². The van der Waals surface area contributed by atoms with Crippen molar-refractivity contribution in [3.63, 3.8) is 0 Å². The minimum absolute atomic E-state index is 0.0566. The standard InChI is InChI=1S/C12H16O7/c13-5-8-9(15)10(16)11(17)12(19-8)18-7-3-1-6(14)2-4-7/h1-4,8-17H,5H2/t8-,9-,10+,11-,12+/m1/s1. The summed E-state index contributed by atoms with van der Waals surface area (Å²) in [5.41, 5.74) is 0. The van der Waals surface area contributed by atoms with Gasteiger partial charge in [0.05, 0.1) is 6.61 Å². The van der Waals surface area contributed by atoms with Gasteiger partial charge in [-0.1, -0.05) is 0 Å². The Hall–Kier alpha value is -1.38. The van der Waals surface area contributed by atoms with Crippen molar-refractivity contribution in [2.45, 2.75) is 30.7 Å². The van der Waals surface area contributed by atoms with E-state index in [1.807, 2.05) is 0 Å². The number of benzene rings is 1. The second-order valence-electron chi connectivity index (χ2n) is 4.31. The van der Waals surface area contributed by atoms with Gasteiger partial charge in [0.2, 0.25) is 6.29 Å². The van der Waals surface area contributed by atoms with Crippen LogP contribution in [0.15, 0.2) is 24.3 Å². The quantitative estimate of drug-likeness (QED) is 0.457. The van der Waals surface area contributed by atoms with Crippen molar-refractivity contribution in [3.8, 4) is 11.5 Å². The van der Waals surface area contributed by atoms with Gasteiger partial charge in [-0.2, -0.15) is 0 Å². The maximum absolute atomic E-state index is 9.75. The maximum Gasteiger partial charge on any atom is 0.229 e. The van der Waals surface area contributed by atoms with Crippen LogP contribution in [0.25, 0.3) is 0 Å². The first-order valence-corrected chi connectivity index (χ1v) is 5.79. The van der Waals surface area contributed by atoms with Gasteiger partial charge in [-0.25, -0.2) is 0 Å². The molecule has 2 rings (SSSR count). The van der Waals surface area contributed by atoms with Gasteiger partial charge in [0.25, 0.3) is 0 Å². The van der Waals surface area contributed by atoms with Gasteiger partial charge in [0, 0.05) is 0 Å². The molecule has 1 aromatic rings. The monoisotopic (exact) mass is 272 g/mol. The maximum atomic E-state index is 9.75. The summed E-state index contributed by atoms with van der Waals surface area (Å²) in [7, 11) is 0. The lowest BCUT2D eigenvalue weighted by atomic mass is 9.99. The summed E-state index contributed by atoms with van der Waals surface area (Å²) < 4.78 is 10.5. The van der Waals surface area contributed by atoms with Crippen molar-refractivity contribution in [1.82, 2.24) is 0 Å². The summed E-state index contributed by atoms with van der Waals surface area (Å²) >= 11 is 0. The second-order valence-corrected chi connectivity index (χ2v) is 4.31. The minimum atomic E-state index is -1.48. The van der Waals surface area contributed by atoms with E-state index in [1.54, 1.807) is 0 Å². The van der Waals surface area contributed by atoms with Crippen LogP contribution >= 0.6 is 0 Å². The van der Waals surface area contributed by atoms with Gasteiger partial charge in [-0.3, -0.25) is 0 Å². The molecule has 0 spiro atoms. The van der Waals surface area contributed by atoms with Gasteiger partial charge in [0.1, 0.15) is 35.9 Å². The van der Waals surface area contributed by atoms with Gasteiger partial charge >= 0.3 is 0 Å². The zero-order valence-corrected chi connectivity index (χ0v) is 9.96. The summed E-state index contributed by atoms with van der Waals surface area (Å²) in [4.78, 5) is 0. The van der Waals surface area contributed by atoms with Crippen LogP contribution < -0.4 is 4.74 Å². The Balaban J connectivity index is 2.08. The average Bonchev–Trinajstić information content (AvgIpc) is 2.42. The first-order chi connectivity index (χ1) is 9.02. The van der Waals surface area contributed by atoms with Crippen molar-refractivity contribution in [2.24, 2.45) is 0 Å². The normalized spacial score (nSPS) is 35.1. The number of rotatable bonds is 3. The summed E-state index contributed by atoms with van der Waals surface area (Å²) in [5, 5.41) is 47.1. The number of phenolic OH excluding ortho intramolecular Hbond substituents is 1. The smallest absolute Gasteiger partial charge is 0.229 e. The van der Waals surface area contributed by atoms with Crippen molar-refractivity contribution in [3.05, 3.63) is 24.3 Å². The van der Waals surface area contributed by atoms with Crippen LogP contribution in [-0.4, -0.2) is 62.8 Å². The molecule has 1 aliphatic heterocycles. The number of aliphatic hydroxyl groups excluding tert-OH is 4. The fraction of sp³-hybridized carbons (Fsp3) is 0.500. The fourth-order valence-electron chi connectivity index (χ4n) is 1.82. The molecule has 1 aliphatic rings. The topological polar surface area (TPSA) is 120 Å². The van der Waals surface area contributed by atoms with Crippen LogP contribution in [0.5, 0.6) is 11.5 Å². The molecule has 5 atom stereocenters. The van der Waals surface area contributed by atoms with E-state index < -0.39 is 37.3 Å². The molecule has 1 fully saturated rings. The van der Waals surface area contributed by atoms with E-state index in [9.17, 15) is 15.3 Å². The largest absolute Gasteiger partial charge is 0.508 e. The Labute approximate surface area is 109 Å². The molecule has 0 radical (unpaired) electrons. The molecule has 0 amide bonds. The molecule has 5 N–H and O–H groups in total. The Bertz CT molecular complexity index is 405. The molecule has 19 heavy (non-hydrogen) atoms. The molecule has 0 saturated carbocycles. The Morgan fingerprint density at radius 1 is 1.00 bits per heavy atom. The lowest BCUT2D eigenvalue weighted by Crippen LogP contribution is -2.60. The predicted molar refractivity (Wildman–Crippen MR) is 62.5 cm³/mol. The van der Waals surface area contributed by atoms with Crippen LogP contribution in [0.4, 0.5) is 0 Å². The van der Waals surface area contributed by atoms with E-state index in [2.05, 4.69) is 0 Å². The Morgan fingerprint density at radius 2 is 1.63 bits per heavy atom. The summed E-state index contributed by atoms with van der Waals surface area (Å²) in [6.45, 7) is -0.514. The van der Waals surface area contributed by atoms with E-state index in [0.717, 1.165) is 0 Å². The molecule has 1 saturated heterocycles. The van der Waals surface area contributed by atoms with Gasteiger partial charge in [0.15, 0.2) is 0 Å². The molecular weight excluding hydrogens is 256 g/mol. The number of ether oxygens (including phenoxy) is 2. The highest BCUT2D eigenvalue weighted by atomic mass is 16.7. The molecule has 1 heterocycles. The number of phenols is 1. The number of hydrogen-bond donors (Lipinski definition) is 5. The third-order valence-electron chi connectivity index (χ3n) is 2.94. The lowest BCUT2D eigenvalue weighted by molar-refractivity contribution is -0.277. The van der Waals surface area contributed by atoms with E-state index in [-0.39, 0.29) is 5.75 Å². The second kappa shape index (κ2) is 5.72. The molecular formula is C12H16O7. The van der Waals surface area contributed by atoms with Crippen LogP contribution in [-0.2, 0) is 4.74 Å². The average molecular weight is 272 g/mol. The number of aromatic hydroxyl groups is 1. The molecule has 1 aromatic carbocycles. The number of hydrogen-bond acceptors (Lipinski definition) is 7. The molecule has 7 heteroatoms. The highest BCUT2D eigenvalue weighted by Crippen LogP contribution is 2.25. The first kappa shape index (κ1) is 14.0. The summed E-state index contributed by atoms with van der Waals surface area (Å²) in [6.07, 6.45) is -6.58. The third-order valence-corrected chi connectivity index (χ3v) is 2.94. The molecule has 0 aliphatic carbocycles. The van der Waals surface area contributed by atoms with Crippen LogP contribution in [0, 0.1) is 0 Å². The molecule has 7 nitrogen and oxygen atoms in total. The van der Waals surface area contributed by atoms with Crippen molar-refractivity contribution >= 4 is 0 Å². The highest BCUT2D eigenvalue weighted by Gasteiger charge is 2.44. The van der Waals surface area contributed by atoms with Crippen LogP contribution in [0.1, 0.15) is 0 Å². The summed E-state index contributed by atoms with van der Waals surface area (Å²) in [6, 6.07) is 5.69. The molecule has 0 bridgehead atoms. The van der Waals surface area contributed by atoms with E-state index >= 15 is 0 Å². The predicted octanol–water partition coefficient (Wildman–Crippen LogP) is -1.43. The minimum Gasteiger partial charge on any atom is -0.508 e. The SMILES string of the molecule is OC[C@H]1O[C@H](Oc2ccc(O)cc2)[C@H](O)[C@@H](O)[C@@H]1O.